The molecule has 0 radical (unpaired) electrons. The van der Waals surface area contributed by atoms with E-state index in [0.29, 0.717) is 24.4 Å². The predicted molar refractivity (Wildman–Crippen MR) is 102 cm³/mol. The van der Waals surface area contributed by atoms with Crippen LogP contribution >= 0.6 is 0 Å². The van der Waals surface area contributed by atoms with Crippen LogP contribution in [0.25, 0.3) is 0 Å². The first-order valence-electron chi connectivity index (χ1n) is 8.59. The molecule has 1 saturated heterocycles. The minimum atomic E-state index is -0.536. The molecule has 6 heteroatoms. The van der Waals surface area contributed by atoms with Gasteiger partial charge in [0.05, 0.1) is 12.8 Å². The van der Waals surface area contributed by atoms with Gasteiger partial charge in [-0.3, -0.25) is 4.79 Å². The summed E-state index contributed by atoms with van der Waals surface area (Å²) in [6.45, 7) is 4.65. The van der Waals surface area contributed by atoms with Gasteiger partial charge >= 0.3 is 6.03 Å². The number of para-hydroxylation sites is 2. The zero-order valence-corrected chi connectivity index (χ0v) is 15.2. The summed E-state index contributed by atoms with van der Waals surface area (Å²) in [5, 5.41) is 5.49. The van der Waals surface area contributed by atoms with Gasteiger partial charge in [-0.1, -0.05) is 18.2 Å². The van der Waals surface area contributed by atoms with E-state index in [4.69, 9.17) is 4.74 Å². The van der Waals surface area contributed by atoms with Crippen molar-refractivity contribution in [3.05, 3.63) is 53.6 Å². The SMILES string of the molecule is COc1ccccc1NC(=O)N[C@@H]1CCN(c2ccc(C)c(C)c2)C1=O. The fourth-order valence-electron chi connectivity index (χ4n) is 3.03. The van der Waals surface area contributed by atoms with E-state index in [0.717, 1.165) is 11.3 Å². The van der Waals surface area contributed by atoms with Crippen LogP contribution in [0.5, 0.6) is 5.75 Å². The highest BCUT2D eigenvalue weighted by atomic mass is 16.5. The monoisotopic (exact) mass is 353 g/mol. The molecule has 0 aliphatic carbocycles. The first kappa shape index (κ1) is 17.8. The number of urea groups is 1. The van der Waals surface area contributed by atoms with E-state index in [1.807, 2.05) is 38.1 Å². The van der Waals surface area contributed by atoms with Gasteiger partial charge in [0.2, 0.25) is 5.91 Å². The summed E-state index contributed by atoms with van der Waals surface area (Å²) in [5.74, 6) is 0.473. The van der Waals surface area contributed by atoms with Gasteiger partial charge in [0.25, 0.3) is 0 Å². The van der Waals surface area contributed by atoms with E-state index in [2.05, 4.69) is 10.6 Å². The summed E-state index contributed by atoms with van der Waals surface area (Å²) in [5.41, 5.74) is 3.75. The average molecular weight is 353 g/mol. The highest BCUT2D eigenvalue weighted by Gasteiger charge is 2.33. The van der Waals surface area contributed by atoms with E-state index in [9.17, 15) is 9.59 Å². The van der Waals surface area contributed by atoms with Crippen LogP contribution in [0.2, 0.25) is 0 Å². The van der Waals surface area contributed by atoms with E-state index in [1.165, 1.54) is 5.56 Å². The number of benzene rings is 2. The van der Waals surface area contributed by atoms with Crippen LogP contribution < -0.4 is 20.3 Å². The number of amides is 3. The molecule has 0 spiro atoms. The van der Waals surface area contributed by atoms with Crippen molar-refractivity contribution in [3.63, 3.8) is 0 Å². The summed E-state index contributed by atoms with van der Waals surface area (Å²) >= 11 is 0. The van der Waals surface area contributed by atoms with Crippen LogP contribution in [-0.2, 0) is 4.79 Å². The van der Waals surface area contributed by atoms with Crippen molar-refractivity contribution in [2.75, 3.05) is 23.9 Å². The number of hydrogen-bond acceptors (Lipinski definition) is 3. The van der Waals surface area contributed by atoms with Crippen molar-refractivity contribution in [3.8, 4) is 5.75 Å². The number of carbonyl (C=O) groups is 2. The molecule has 1 fully saturated rings. The zero-order valence-electron chi connectivity index (χ0n) is 15.2. The smallest absolute Gasteiger partial charge is 0.319 e. The number of aryl methyl sites for hydroxylation is 2. The zero-order chi connectivity index (χ0) is 18.7. The quantitative estimate of drug-likeness (QED) is 0.886. The molecule has 136 valence electrons. The lowest BCUT2D eigenvalue weighted by molar-refractivity contribution is -0.118. The topological polar surface area (TPSA) is 70.7 Å². The third-order valence-electron chi connectivity index (χ3n) is 4.67. The summed E-state index contributed by atoms with van der Waals surface area (Å²) < 4.78 is 5.22. The van der Waals surface area contributed by atoms with Gasteiger partial charge in [0, 0.05) is 12.2 Å². The van der Waals surface area contributed by atoms with Crippen LogP contribution in [0.1, 0.15) is 17.5 Å². The average Bonchev–Trinajstić information content (AvgIpc) is 2.98. The van der Waals surface area contributed by atoms with Crippen LogP contribution in [0.3, 0.4) is 0 Å². The highest BCUT2D eigenvalue weighted by Crippen LogP contribution is 2.25. The Morgan fingerprint density at radius 3 is 2.65 bits per heavy atom. The molecule has 1 aliphatic rings. The number of hydrogen-bond donors (Lipinski definition) is 2. The summed E-state index contributed by atoms with van der Waals surface area (Å²) in [6, 6.07) is 12.1. The molecule has 0 aromatic heterocycles. The number of nitrogens with zero attached hydrogens (tertiary/aromatic N) is 1. The van der Waals surface area contributed by atoms with Crippen molar-refractivity contribution < 1.29 is 14.3 Å². The Labute approximate surface area is 153 Å². The van der Waals surface area contributed by atoms with Gasteiger partial charge in [-0.25, -0.2) is 4.79 Å². The van der Waals surface area contributed by atoms with E-state index < -0.39 is 12.1 Å². The second-order valence-electron chi connectivity index (χ2n) is 6.40. The van der Waals surface area contributed by atoms with Gasteiger partial charge in [0.1, 0.15) is 11.8 Å². The molecule has 0 bridgehead atoms. The number of anilines is 2. The van der Waals surface area contributed by atoms with Crippen molar-refractivity contribution in [1.82, 2.24) is 5.32 Å². The molecule has 0 saturated carbocycles. The molecular formula is C20H23N3O3. The number of methoxy groups -OCH3 is 1. The van der Waals surface area contributed by atoms with Crippen LogP contribution in [0, 0.1) is 13.8 Å². The van der Waals surface area contributed by atoms with Gasteiger partial charge in [-0.15, -0.1) is 0 Å². The third-order valence-corrected chi connectivity index (χ3v) is 4.67. The molecule has 3 amide bonds. The number of carbonyl (C=O) groups excluding carboxylic acids is 2. The van der Waals surface area contributed by atoms with Gasteiger partial charge < -0.3 is 20.3 Å². The molecule has 6 nitrogen and oxygen atoms in total. The standard InChI is InChI=1S/C20H23N3O3/c1-13-8-9-15(12-14(13)2)23-11-10-17(19(23)24)22-20(25)21-16-6-4-5-7-18(16)26-3/h4-9,12,17H,10-11H2,1-3H3,(H2,21,22,25)/t17-/m1/s1. The van der Waals surface area contributed by atoms with Gasteiger partial charge in [-0.2, -0.15) is 0 Å². The Bertz CT molecular complexity index is 835. The summed E-state index contributed by atoms with van der Waals surface area (Å²) in [7, 11) is 1.54. The van der Waals surface area contributed by atoms with Crippen molar-refractivity contribution in [2.45, 2.75) is 26.3 Å². The fraction of sp³-hybridized carbons (Fsp3) is 0.300. The molecule has 1 heterocycles. The van der Waals surface area contributed by atoms with Crippen molar-refractivity contribution in [2.24, 2.45) is 0 Å². The van der Waals surface area contributed by atoms with Crippen molar-refractivity contribution >= 4 is 23.3 Å². The highest BCUT2D eigenvalue weighted by molar-refractivity contribution is 6.02. The van der Waals surface area contributed by atoms with Crippen LogP contribution in [-0.4, -0.2) is 31.6 Å². The maximum Gasteiger partial charge on any atom is 0.319 e. The third kappa shape index (κ3) is 3.64. The Morgan fingerprint density at radius 2 is 1.92 bits per heavy atom. The molecule has 0 unspecified atom stereocenters. The second-order valence-corrected chi connectivity index (χ2v) is 6.40. The fourth-order valence-corrected chi connectivity index (χ4v) is 3.03. The molecule has 2 N–H and O–H groups in total. The van der Waals surface area contributed by atoms with Crippen LogP contribution in [0.4, 0.5) is 16.2 Å². The van der Waals surface area contributed by atoms with Gasteiger partial charge in [-0.05, 0) is 55.7 Å². The molecule has 1 aliphatic heterocycles. The minimum absolute atomic E-state index is 0.0940. The Kier molecular flexibility index (Phi) is 5.11. The number of nitrogens with one attached hydrogen (secondary N) is 2. The van der Waals surface area contributed by atoms with E-state index in [-0.39, 0.29) is 5.91 Å². The molecule has 1 atom stereocenters. The van der Waals surface area contributed by atoms with Crippen LogP contribution in [0.15, 0.2) is 42.5 Å². The Hall–Kier alpha value is -3.02. The lowest BCUT2D eigenvalue weighted by Gasteiger charge is -2.18. The number of rotatable bonds is 4. The molecule has 26 heavy (non-hydrogen) atoms. The second kappa shape index (κ2) is 7.47. The lowest BCUT2D eigenvalue weighted by atomic mass is 10.1. The molecule has 2 aromatic carbocycles. The number of ether oxygens (including phenoxy) is 1. The maximum atomic E-state index is 12.7. The van der Waals surface area contributed by atoms with E-state index in [1.54, 1.807) is 30.2 Å². The lowest BCUT2D eigenvalue weighted by Crippen LogP contribution is -2.43. The Morgan fingerprint density at radius 1 is 1.15 bits per heavy atom. The Balaban J connectivity index is 1.65. The summed E-state index contributed by atoms with van der Waals surface area (Å²) in [4.78, 5) is 26.7. The maximum absolute atomic E-state index is 12.7. The molecular weight excluding hydrogens is 330 g/mol. The first-order valence-corrected chi connectivity index (χ1v) is 8.59. The van der Waals surface area contributed by atoms with Gasteiger partial charge in [0.15, 0.2) is 0 Å². The largest absolute Gasteiger partial charge is 0.495 e. The van der Waals surface area contributed by atoms with E-state index >= 15 is 0 Å². The normalized spacial score (nSPS) is 16.5. The van der Waals surface area contributed by atoms with Crippen molar-refractivity contribution in [1.29, 1.82) is 0 Å². The summed E-state index contributed by atoms with van der Waals surface area (Å²) in [6.07, 6.45) is 0.575. The predicted octanol–water partition coefficient (Wildman–Crippen LogP) is 3.24. The molecule has 3 rings (SSSR count). The first-order chi connectivity index (χ1) is 12.5. The minimum Gasteiger partial charge on any atom is -0.495 e. The molecule has 2 aromatic rings.